The minimum Gasteiger partial charge on any atom is -0.565 e. The van der Waals surface area contributed by atoms with Gasteiger partial charge in [-0.15, -0.1) is 17.2 Å². The number of methoxy groups -OCH3 is 1. The highest BCUT2D eigenvalue weighted by atomic mass is 16.5. The molecule has 0 aliphatic rings. The molecule has 1 heteroatoms. The first-order chi connectivity index (χ1) is 8.77. The third-order valence-electron chi connectivity index (χ3n) is 3.63. The predicted molar refractivity (Wildman–Crippen MR) is 89.1 cm³/mol. The molecule has 0 saturated carbocycles. The molecule has 0 amide bonds. The number of ether oxygens (including phenoxy) is 1. The van der Waals surface area contributed by atoms with E-state index < -0.39 is 0 Å². The van der Waals surface area contributed by atoms with Crippen molar-refractivity contribution in [1.29, 1.82) is 0 Å². The average molecular weight is 277 g/mol. The molecule has 0 aromatic heterocycles. The first kappa shape index (κ1) is 17.2. The molecule has 116 valence electrons. The van der Waals surface area contributed by atoms with E-state index in [-0.39, 0.29) is 16.2 Å². The molecular formula is C19H33O-. The van der Waals surface area contributed by atoms with Gasteiger partial charge < -0.3 is 4.74 Å². The monoisotopic (exact) mass is 277 g/mol. The quantitative estimate of drug-likeness (QED) is 0.640. The molecule has 0 aliphatic heterocycles. The van der Waals surface area contributed by atoms with Gasteiger partial charge in [0.25, 0.3) is 0 Å². The van der Waals surface area contributed by atoms with Gasteiger partial charge >= 0.3 is 0 Å². The normalized spacial score (nSPS) is 13.7. The lowest BCUT2D eigenvalue weighted by molar-refractivity contribution is 0.388. The molecular weight excluding hydrogens is 244 g/mol. The lowest BCUT2D eigenvalue weighted by Gasteiger charge is -2.35. The lowest BCUT2D eigenvalue weighted by Crippen LogP contribution is -2.21. The van der Waals surface area contributed by atoms with Crippen LogP contribution in [0.25, 0.3) is 0 Å². The molecule has 0 fully saturated rings. The molecule has 0 saturated heterocycles. The van der Waals surface area contributed by atoms with Gasteiger partial charge in [0.2, 0.25) is 0 Å². The summed E-state index contributed by atoms with van der Waals surface area (Å²) in [6.07, 6.45) is 1.09. The molecule has 1 nitrogen and oxygen atoms in total. The van der Waals surface area contributed by atoms with Crippen molar-refractivity contribution in [3.05, 3.63) is 22.8 Å². The fourth-order valence-electron chi connectivity index (χ4n) is 2.94. The van der Waals surface area contributed by atoms with Crippen LogP contribution in [0.4, 0.5) is 0 Å². The van der Waals surface area contributed by atoms with E-state index in [0.29, 0.717) is 0 Å². The standard InChI is InChI=1S/C19H33O/c1-17(2,3)12-13-14(18(4,5)6)11-15(20-10)16(13)19(7,8)9/h11H,12H2,1-10H3/q-1. The van der Waals surface area contributed by atoms with Gasteiger partial charge in [0.1, 0.15) is 0 Å². The summed E-state index contributed by atoms with van der Waals surface area (Å²) >= 11 is 0. The summed E-state index contributed by atoms with van der Waals surface area (Å²) in [6.45, 7) is 20.7. The summed E-state index contributed by atoms with van der Waals surface area (Å²) in [7, 11) is 1.79. The Kier molecular flexibility index (Phi) is 4.44. The van der Waals surface area contributed by atoms with Gasteiger partial charge in [-0.1, -0.05) is 73.1 Å². The molecule has 0 radical (unpaired) electrons. The Morgan fingerprint density at radius 1 is 0.950 bits per heavy atom. The summed E-state index contributed by atoms with van der Waals surface area (Å²) in [4.78, 5) is 0. The van der Waals surface area contributed by atoms with Gasteiger partial charge in [-0.2, -0.15) is 5.56 Å². The van der Waals surface area contributed by atoms with Gasteiger partial charge in [0, 0.05) is 0 Å². The molecule has 0 unspecified atom stereocenters. The van der Waals surface area contributed by atoms with E-state index in [1.54, 1.807) is 7.11 Å². The predicted octanol–water partition coefficient (Wildman–Crippen LogP) is 5.60. The van der Waals surface area contributed by atoms with Crippen LogP contribution in [0.3, 0.4) is 0 Å². The van der Waals surface area contributed by atoms with E-state index in [2.05, 4.69) is 68.4 Å². The van der Waals surface area contributed by atoms with E-state index in [1.807, 2.05) is 0 Å². The van der Waals surface area contributed by atoms with Crippen molar-refractivity contribution in [2.24, 2.45) is 5.41 Å². The van der Waals surface area contributed by atoms with Crippen LogP contribution in [0, 0.1) is 5.41 Å². The van der Waals surface area contributed by atoms with Gasteiger partial charge in [-0.25, -0.2) is 0 Å². The summed E-state index contributed by atoms with van der Waals surface area (Å²) < 4.78 is 5.70. The molecule has 0 atom stereocenters. The highest BCUT2D eigenvalue weighted by molar-refractivity contribution is 5.55. The Morgan fingerprint density at radius 3 is 1.75 bits per heavy atom. The summed E-state index contributed by atoms with van der Waals surface area (Å²) in [6, 6.07) is 2.27. The molecule has 0 bridgehead atoms. The van der Waals surface area contributed by atoms with Crippen LogP contribution in [0.5, 0.6) is 5.75 Å². The zero-order chi connectivity index (χ0) is 15.9. The summed E-state index contributed by atoms with van der Waals surface area (Å²) in [5.74, 6) is 1.06. The van der Waals surface area contributed by atoms with Crippen molar-refractivity contribution in [3.8, 4) is 5.75 Å². The molecule has 1 aromatic rings. The lowest BCUT2D eigenvalue weighted by atomic mass is 9.76. The first-order valence-corrected chi connectivity index (χ1v) is 7.65. The summed E-state index contributed by atoms with van der Waals surface area (Å²) in [5.41, 5.74) is 4.86. The number of hydrogen-bond donors (Lipinski definition) is 0. The highest BCUT2D eigenvalue weighted by Gasteiger charge is 2.25. The van der Waals surface area contributed by atoms with Gasteiger partial charge in [0.05, 0.1) is 7.11 Å². The maximum absolute atomic E-state index is 5.70. The van der Waals surface area contributed by atoms with Crippen LogP contribution in [0.1, 0.15) is 79.0 Å². The SMILES string of the molecule is COc1c[c-](C(C)(C)C)c(CC(C)(C)C)c1C(C)(C)C. The van der Waals surface area contributed by atoms with E-state index >= 15 is 0 Å². The Morgan fingerprint density at radius 2 is 1.45 bits per heavy atom. The van der Waals surface area contributed by atoms with Crippen molar-refractivity contribution < 1.29 is 4.74 Å². The molecule has 0 aliphatic carbocycles. The van der Waals surface area contributed by atoms with Gasteiger partial charge in [-0.3, -0.25) is 0 Å². The second-order valence-corrected chi connectivity index (χ2v) is 9.22. The van der Waals surface area contributed by atoms with E-state index in [4.69, 9.17) is 4.74 Å². The largest absolute Gasteiger partial charge is 0.565 e. The minimum atomic E-state index is 0.107. The van der Waals surface area contributed by atoms with Gasteiger partial charge in [-0.05, 0) is 17.6 Å². The second kappa shape index (κ2) is 5.16. The van der Waals surface area contributed by atoms with Crippen LogP contribution in [0.15, 0.2) is 6.07 Å². The maximum atomic E-state index is 5.70. The Bertz CT molecular complexity index is 456. The highest BCUT2D eigenvalue weighted by Crippen LogP contribution is 2.44. The Balaban J connectivity index is 3.59. The Hall–Kier alpha value is -0.850. The van der Waals surface area contributed by atoms with Crippen LogP contribution in [-0.4, -0.2) is 7.11 Å². The minimum absolute atomic E-state index is 0.107. The number of hydrogen-bond acceptors (Lipinski definition) is 1. The molecule has 0 N–H and O–H groups in total. The molecule has 1 rings (SSSR count). The van der Waals surface area contributed by atoms with Crippen LogP contribution < -0.4 is 4.74 Å². The van der Waals surface area contributed by atoms with Crippen molar-refractivity contribution in [2.45, 2.75) is 79.6 Å². The fourth-order valence-corrected chi connectivity index (χ4v) is 2.94. The second-order valence-electron chi connectivity index (χ2n) is 9.22. The van der Waals surface area contributed by atoms with Crippen LogP contribution >= 0.6 is 0 Å². The van der Waals surface area contributed by atoms with Gasteiger partial charge in [0.15, 0.2) is 0 Å². The maximum Gasteiger partial charge on any atom is 0.0592 e. The molecule has 0 spiro atoms. The number of rotatable bonds is 2. The van der Waals surface area contributed by atoms with Crippen molar-refractivity contribution in [2.75, 3.05) is 7.11 Å². The average Bonchev–Trinajstić information content (AvgIpc) is 2.52. The van der Waals surface area contributed by atoms with Crippen molar-refractivity contribution in [3.63, 3.8) is 0 Å². The molecule has 1 aromatic carbocycles. The molecule has 20 heavy (non-hydrogen) atoms. The van der Waals surface area contributed by atoms with E-state index in [1.165, 1.54) is 16.7 Å². The van der Waals surface area contributed by atoms with E-state index in [9.17, 15) is 0 Å². The fraction of sp³-hybridized carbons (Fsp3) is 0.737. The van der Waals surface area contributed by atoms with Crippen molar-refractivity contribution in [1.82, 2.24) is 0 Å². The van der Waals surface area contributed by atoms with Crippen LogP contribution in [-0.2, 0) is 17.3 Å². The first-order valence-electron chi connectivity index (χ1n) is 7.65. The smallest absolute Gasteiger partial charge is 0.0592 e. The zero-order valence-electron chi connectivity index (χ0n) is 15.2. The van der Waals surface area contributed by atoms with Crippen LogP contribution in [0.2, 0.25) is 0 Å². The zero-order valence-corrected chi connectivity index (χ0v) is 15.2. The summed E-state index contributed by atoms with van der Waals surface area (Å²) in [5, 5.41) is 0. The third-order valence-corrected chi connectivity index (χ3v) is 3.63. The topological polar surface area (TPSA) is 9.23 Å². The van der Waals surface area contributed by atoms with E-state index in [0.717, 1.165) is 12.2 Å². The Labute approximate surface area is 126 Å². The third kappa shape index (κ3) is 3.84. The van der Waals surface area contributed by atoms with Crippen molar-refractivity contribution >= 4 is 0 Å². The molecule has 0 heterocycles.